The van der Waals surface area contributed by atoms with Gasteiger partial charge in [-0.2, -0.15) is 0 Å². The van der Waals surface area contributed by atoms with Crippen LogP contribution in [-0.4, -0.2) is 5.11 Å². The Labute approximate surface area is 121 Å². The fourth-order valence-corrected chi connectivity index (χ4v) is 2.24. The molecule has 1 nitrogen and oxygen atoms in total. The van der Waals surface area contributed by atoms with Gasteiger partial charge >= 0.3 is 0 Å². The summed E-state index contributed by atoms with van der Waals surface area (Å²) in [7, 11) is 0. The molecule has 2 rings (SSSR count). The molecule has 2 aromatic rings. The highest BCUT2D eigenvalue weighted by Crippen LogP contribution is 2.24. The average Bonchev–Trinajstić information content (AvgIpc) is 2.37. The predicted molar refractivity (Wildman–Crippen MR) is 78.7 cm³/mol. The third-order valence-electron chi connectivity index (χ3n) is 3.33. The van der Waals surface area contributed by atoms with Crippen LogP contribution in [0.5, 0.6) is 0 Å². The summed E-state index contributed by atoms with van der Waals surface area (Å²) < 4.78 is 13.8. The van der Waals surface area contributed by atoms with Crippen molar-refractivity contribution in [2.75, 3.05) is 0 Å². The van der Waals surface area contributed by atoms with Gasteiger partial charge in [0.05, 0.1) is 10.6 Å². The molecular formula is C16H16BrFO. The SMILES string of the molecule is Cc1ccc(CC(O)c2ccc(Br)c(F)c2)cc1C. The number of aryl methyl sites for hydroxylation is 2. The first-order valence-electron chi connectivity index (χ1n) is 6.16. The molecule has 0 saturated heterocycles. The van der Waals surface area contributed by atoms with E-state index in [2.05, 4.69) is 28.9 Å². The lowest BCUT2D eigenvalue weighted by atomic mass is 9.98. The monoisotopic (exact) mass is 322 g/mol. The minimum absolute atomic E-state index is 0.350. The Morgan fingerprint density at radius 2 is 1.84 bits per heavy atom. The Morgan fingerprint density at radius 1 is 1.11 bits per heavy atom. The van der Waals surface area contributed by atoms with E-state index in [1.54, 1.807) is 12.1 Å². The summed E-state index contributed by atoms with van der Waals surface area (Å²) in [5, 5.41) is 10.2. The molecule has 0 heterocycles. The van der Waals surface area contributed by atoms with Crippen LogP contribution >= 0.6 is 15.9 Å². The van der Waals surface area contributed by atoms with E-state index in [0.717, 1.165) is 5.56 Å². The lowest BCUT2D eigenvalue weighted by molar-refractivity contribution is 0.178. The first kappa shape index (κ1) is 14.2. The van der Waals surface area contributed by atoms with Crippen molar-refractivity contribution in [2.45, 2.75) is 26.4 Å². The third-order valence-corrected chi connectivity index (χ3v) is 3.97. The van der Waals surface area contributed by atoms with Crippen LogP contribution in [-0.2, 0) is 6.42 Å². The van der Waals surface area contributed by atoms with Crippen LogP contribution in [0.25, 0.3) is 0 Å². The van der Waals surface area contributed by atoms with Gasteiger partial charge < -0.3 is 5.11 Å². The zero-order valence-corrected chi connectivity index (χ0v) is 12.5. The number of hydrogen-bond acceptors (Lipinski definition) is 1. The number of benzene rings is 2. The molecule has 0 aliphatic rings. The van der Waals surface area contributed by atoms with Gasteiger partial charge in [-0.3, -0.25) is 0 Å². The molecular weight excluding hydrogens is 307 g/mol. The van der Waals surface area contributed by atoms with Gasteiger partial charge in [0.25, 0.3) is 0 Å². The lowest BCUT2D eigenvalue weighted by Crippen LogP contribution is -2.03. The second-order valence-corrected chi connectivity index (χ2v) is 5.67. The topological polar surface area (TPSA) is 20.2 Å². The Hall–Kier alpha value is -1.19. The van der Waals surface area contributed by atoms with E-state index in [1.807, 2.05) is 19.1 Å². The van der Waals surface area contributed by atoms with Crippen molar-refractivity contribution in [3.8, 4) is 0 Å². The second-order valence-electron chi connectivity index (χ2n) is 4.81. The average molecular weight is 323 g/mol. The van der Waals surface area contributed by atoms with Gasteiger partial charge in [0, 0.05) is 6.42 Å². The minimum Gasteiger partial charge on any atom is -0.388 e. The van der Waals surface area contributed by atoms with Crippen LogP contribution < -0.4 is 0 Å². The molecule has 0 radical (unpaired) electrons. The van der Waals surface area contributed by atoms with Crippen molar-refractivity contribution < 1.29 is 9.50 Å². The summed E-state index contributed by atoms with van der Waals surface area (Å²) in [6, 6.07) is 10.8. The van der Waals surface area contributed by atoms with Crippen molar-refractivity contribution in [3.63, 3.8) is 0 Å². The van der Waals surface area contributed by atoms with Crippen LogP contribution in [0, 0.1) is 19.7 Å². The standard InChI is InChI=1S/C16H16BrFO/c1-10-3-4-12(7-11(10)2)8-16(19)13-5-6-14(17)15(18)9-13/h3-7,9,16,19H,8H2,1-2H3. The minimum atomic E-state index is -0.690. The van der Waals surface area contributed by atoms with Crippen molar-refractivity contribution >= 4 is 15.9 Å². The van der Waals surface area contributed by atoms with Crippen LogP contribution in [0.4, 0.5) is 4.39 Å². The zero-order chi connectivity index (χ0) is 14.0. The van der Waals surface area contributed by atoms with E-state index >= 15 is 0 Å². The fourth-order valence-electron chi connectivity index (χ4n) is 1.99. The maximum atomic E-state index is 13.4. The van der Waals surface area contributed by atoms with E-state index in [0.29, 0.717) is 16.5 Å². The highest BCUT2D eigenvalue weighted by atomic mass is 79.9. The van der Waals surface area contributed by atoms with E-state index < -0.39 is 6.10 Å². The molecule has 1 atom stereocenters. The Bertz CT molecular complexity index is 595. The van der Waals surface area contributed by atoms with Gasteiger partial charge in [0.2, 0.25) is 0 Å². The molecule has 2 aromatic carbocycles. The molecule has 0 spiro atoms. The molecule has 0 aromatic heterocycles. The predicted octanol–water partition coefficient (Wildman–Crippen LogP) is 4.48. The van der Waals surface area contributed by atoms with E-state index in [1.165, 1.54) is 17.2 Å². The molecule has 0 aliphatic carbocycles. The molecule has 0 aliphatic heterocycles. The number of halogens is 2. The number of rotatable bonds is 3. The van der Waals surface area contributed by atoms with E-state index in [-0.39, 0.29) is 5.82 Å². The highest BCUT2D eigenvalue weighted by molar-refractivity contribution is 9.10. The van der Waals surface area contributed by atoms with Gasteiger partial charge in [-0.05, 0) is 64.2 Å². The molecule has 0 bridgehead atoms. The smallest absolute Gasteiger partial charge is 0.137 e. The maximum absolute atomic E-state index is 13.4. The quantitative estimate of drug-likeness (QED) is 0.883. The molecule has 0 saturated carbocycles. The summed E-state index contributed by atoms with van der Waals surface area (Å²) >= 11 is 3.11. The van der Waals surface area contributed by atoms with Crippen LogP contribution in [0.15, 0.2) is 40.9 Å². The molecule has 1 N–H and O–H groups in total. The van der Waals surface area contributed by atoms with Gasteiger partial charge in [0.15, 0.2) is 0 Å². The first-order valence-corrected chi connectivity index (χ1v) is 6.96. The molecule has 1 unspecified atom stereocenters. The maximum Gasteiger partial charge on any atom is 0.137 e. The summed E-state index contributed by atoms with van der Waals surface area (Å²) in [5.41, 5.74) is 4.08. The summed E-state index contributed by atoms with van der Waals surface area (Å²) in [6.45, 7) is 4.10. The summed E-state index contributed by atoms with van der Waals surface area (Å²) in [4.78, 5) is 0. The highest BCUT2D eigenvalue weighted by Gasteiger charge is 2.11. The summed E-state index contributed by atoms with van der Waals surface area (Å²) in [6.07, 6.45) is -0.202. The van der Waals surface area contributed by atoms with Crippen LogP contribution in [0.2, 0.25) is 0 Å². The van der Waals surface area contributed by atoms with E-state index in [4.69, 9.17) is 0 Å². The van der Waals surface area contributed by atoms with Gasteiger partial charge in [-0.1, -0.05) is 24.3 Å². The van der Waals surface area contributed by atoms with Gasteiger partial charge in [0.1, 0.15) is 5.82 Å². The van der Waals surface area contributed by atoms with Crippen LogP contribution in [0.1, 0.15) is 28.4 Å². The second kappa shape index (κ2) is 5.85. The number of aliphatic hydroxyl groups excluding tert-OH is 1. The van der Waals surface area contributed by atoms with Crippen molar-refractivity contribution in [2.24, 2.45) is 0 Å². The first-order chi connectivity index (χ1) is 8.97. The molecule has 3 heteroatoms. The Morgan fingerprint density at radius 3 is 2.47 bits per heavy atom. The Balaban J connectivity index is 2.17. The van der Waals surface area contributed by atoms with Gasteiger partial charge in [-0.25, -0.2) is 4.39 Å². The fraction of sp³-hybridized carbons (Fsp3) is 0.250. The number of hydrogen-bond donors (Lipinski definition) is 1. The zero-order valence-electron chi connectivity index (χ0n) is 11.0. The van der Waals surface area contributed by atoms with Crippen molar-refractivity contribution in [1.82, 2.24) is 0 Å². The van der Waals surface area contributed by atoms with Gasteiger partial charge in [-0.15, -0.1) is 0 Å². The third kappa shape index (κ3) is 3.43. The molecule has 100 valence electrons. The van der Waals surface area contributed by atoms with Crippen molar-refractivity contribution in [3.05, 3.63) is 68.9 Å². The molecule has 0 fully saturated rings. The Kier molecular flexibility index (Phi) is 4.38. The molecule has 19 heavy (non-hydrogen) atoms. The summed E-state index contributed by atoms with van der Waals surface area (Å²) in [5.74, 6) is -0.350. The van der Waals surface area contributed by atoms with Crippen molar-refractivity contribution in [1.29, 1.82) is 0 Å². The van der Waals surface area contributed by atoms with E-state index in [9.17, 15) is 9.50 Å². The lowest BCUT2D eigenvalue weighted by Gasteiger charge is -2.13. The normalized spacial score (nSPS) is 12.5. The van der Waals surface area contributed by atoms with Crippen LogP contribution in [0.3, 0.4) is 0 Å². The molecule has 0 amide bonds. The largest absolute Gasteiger partial charge is 0.388 e. The number of aliphatic hydroxyl groups is 1.